The van der Waals surface area contributed by atoms with Gasteiger partial charge in [0.2, 0.25) is 0 Å². The second-order valence-electron chi connectivity index (χ2n) is 9.37. The number of aromatic amines is 1. The lowest BCUT2D eigenvalue weighted by Gasteiger charge is -2.39. The van der Waals surface area contributed by atoms with E-state index >= 15 is 0 Å². The summed E-state index contributed by atoms with van der Waals surface area (Å²) >= 11 is 0. The van der Waals surface area contributed by atoms with Gasteiger partial charge in [-0.1, -0.05) is 32.0 Å². The van der Waals surface area contributed by atoms with Gasteiger partial charge in [-0.2, -0.15) is 0 Å². The van der Waals surface area contributed by atoms with Crippen LogP contribution in [0, 0.1) is 0 Å². The fraction of sp³-hybridized carbons (Fsp3) is 0.462. The molecule has 3 aromatic rings. The quantitative estimate of drug-likeness (QED) is 0.540. The lowest BCUT2D eigenvalue weighted by atomic mass is 10.0. The van der Waals surface area contributed by atoms with Crippen LogP contribution in [0.4, 0.5) is 5.69 Å². The van der Waals surface area contributed by atoms with Crippen molar-refractivity contribution in [1.29, 1.82) is 0 Å². The maximum atomic E-state index is 13.3. The molecule has 1 aliphatic rings. The maximum absolute atomic E-state index is 13.3. The lowest BCUT2D eigenvalue weighted by molar-refractivity contribution is 0.0935. The van der Waals surface area contributed by atoms with E-state index in [1.54, 1.807) is 6.07 Å². The van der Waals surface area contributed by atoms with Crippen LogP contribution in [0.3, 0.4) is 0 Å². The van der Waals surface area contributed by atoms with Crippen LogP contribution in [-0.2, 0) is 6.54 Å². The summed E-state index contributed by atoms with van der Waals surface area (Å²) in [5.41, 5.74) is 1.29. The summed E-state index contributed by atoms with van der Waals surface area (Å²) in [4.78, 5) is 49.9. The summed E-state index contributed by atoms with van der Waals surface area (Å²) in [7, 11) is 0. The number of para-hydroxylation sites is 1. The molecule has 0 bridgehead atoms. The SMILES string of the molecule is CCn1c(=O)[nH]c(=O)c2c(C(=O)NCC(C)N3CCN(c4ccccc4)CC3)cc(C(C)C)nc21. The number of fused-ring (bicyclic) bond motifs is 1. The van der Waals surface area contributed by atoms with Gasteiger partial charge in [0.05, 0.1) is 10.9 Å². The first-order valence-electron chi connectivity index (χ1n) is 12.3. The molecule has 0 spiro atoms. The number of hydrogen-bond donors (Lipinski definition) is 2. The Bertz CT molecular complexity index is 1310. The third-order valence-electron chi connectivity index (χ3n) is 6.74. The molecule has 1 unspecified atom stereocenters. The molecule has 1 amide bonds. The number of carbonyl (C=O) groups is 1. The lowest BCUT2D eigenvalue weighted by Crippen LogP contribution is -2.52. The highest BCUT2D eigenvalue weighted by atomic mass is 16.2. The van der Waals surface area contributed by atoms with Crippen LogP contribution in [0.15, 0.2) is 46.0 Å². The first-order valence-corrected chi connectivity index (χ1v) is 12.3. The largest absolute Gasteiger partial charge is 0.369 e. The van der Waals surface area contributed by atoms with Crippen molar-refractivity contribution < 1.29 is 4.79 Å². The van der Waals surface area contributed by atoms with Gasteiger partial charge in [0.25, 0.3) is 11.5 Å². The topological polar surface area (TPSA) is 103 Å². The monoisotopic (exact) mass is 478 g/mol. The molecule has 1 atom stereocenters. The van der Waals surface area contributed by atoms with Crippen LogP contribution < -0.4 is 21.5 Å². The summed E-state index contributed by atoms with van der Waals surface area (Å²) in [5.74, 6) is -0.300. The minimum Gasteiger partial charge on any atom is -0.369 e. The third-order valence-corrected chi connectivity index (χ3v) is 6.74. The summed E-state index contributed by atoms with van der Waals surface area (Å²) in [6.07, 6.45) is 0. The third kappa shape index (κ3) is 5.14. The molecular weight excluding hydrogens is 444 g/mol. The molecule has 4 rings (SSSR count). The molecule has 2 aromatic heterocycles. The number of carbonyl (C=O) groups excluding carboxylic acids is 1. The van der Waals surface area contributed by atoms with E-state index in [0.717, 1.165) is 26.2 Å². The molecule has 1 fully saturated rings. The Labute approximate surface area is 204 Å². The van der Waals surface area contributed by atoms with Gasteiger partial charge in [0, 0.05) is 56.7 Å². The van der Waals surface area contributed by atoms with Crippen LogP contribution >= 0.6 is 0 Å². The van der Waals surface area contributed by atoms with Crippen molar-refractivity contribution in [1.82, 2.24) is 24.8 Å². The van der Waals surface area contributed by atoms with Gasteiger partial charge in [0.15, 0.2) is 5.65 Å². The number of H-pyrrole nitrogens is 1. The second-order valence-corrected chi connectivity index (χ2v) is 9.37. The van der Waals surface area contributed by atoms with E-state index in [0.29, 0.717) is 18.8 Å². The smallest absolute Gasteiger partial charge is 0.329 e. The number of piperazine rings is 1. The molecule has 1 aliphatic heterocycles. The number of benzene rings is 1. The van der Waals surface area contributed by atoms with Crippen molar-refractivity contribution in [2.45, 2.75) is 46.2 Å². The number of nitrogens with one attached hydrogen (secondary N) is 2. The fourth-order valence-electron chi connectivity index (χ4n) is 4.59. The van der Waals surface area contributed by atoms with Gasteiger partial charge in [-0.3, -0.25) is 24.0 Å². The van der Waals surface area contributed by atoms with Crippen LogP contribution in [0.5, 0.6) is 0 Å². The van der Waals surface area contributed by atoms with Crippen molar-refractivity contribution in [2.24, 2.45) is 0 Å². The zero-order valence-corrected chi connectivity index (χ0v) is 20.9. The Kier molecular flexibility index (Phi) is 7.35. The molecule has 0 saturated carbocycles. The number of hydrogen-bond acceptors (Lipinski definition) is 6. The average molecular weight is 479 g/mol. The summed E-state index contributed by atoms with van der Waals surface area (Å²) in [6, 6.07) is 12.2. The van der Waals surface area contributed by atoms with Gasteiger partial charge in [0.1, 0.15) is 0 Å². The zero-order chi connectivity index (χ0) is 25.1. The summed E-state index contributed by atoms with van der Waals surface area (Å²) < 4.78 is 1.40. The summed E-state index contributed by atoms with van der Waals surface area (Å²) in [6.45, 7) is 12.3. The van der Waals surface area contributed by atoms with E-state index in [1.165, 1.54) is 10.3 Å². The molecule has 35 heavy (non-hydrogen) atoms. The number of amides is 1. The fourth-order valence-corrected chi connectivity index (χ4v) is 4.59. The van der Waals surface area contributed by atoms with Crippen LogP contribution in [0.25, 0.3) is 11.0 Å². The van der Waals surface area contributed by atoms with E-state index in [9.17, 15) is 14.4 Å². The molecule has 1 saturated heterocycles. The van der Waals surface area contributed by atoms with Crippen LogP contribution in [0.2, 0.25) is 0 Å². The number of aryl methyl sites for hydroxylation is 1. The normalized spacial score (nSPS) is 15.5. The van der Waals surface area contributed by atoms with Crippen molar-refractivity contribution in [2.75, 3.05) is 37.6 Å². The van der Waals surface area contributed by atoms with Gasteiger partial charge in [-0.15, -0.1) is 0 Å². The highest BCUT2D eigenvalue weighted by Gasteiger charge is 2.24. The minimum absolute atomic E-state index is 0.0329. The van der Waals surface area contributed by atoms with E-state index < -0.39 is 11.2 Å². The van der Waals surface area contributed by atoms with Gasteiger partial charge < -0.3 is 10.2 Å². The van der Waals surface area contributed by atoms with Crippen molar-refractivity contribution in [3.63, 3.8) is 0 Å². The number of rotatable bonds is 7. The van der Waals surface area contributed by atoms with Gasteiger partial charge in [-0.05, 0) is 38.0 Å². The molecule has 3 heterocycles. The van der Waals surface area contributed by atoms with E-state index in [4.69, 9.17) is 0 Å². The summed E-state index contributed by atoms with van der Waals surface area (Å²) in [5, 5.41) is 3.16. The Morgan fingerprint density at radius 3 is 2.40 bits per heavy atom. The number of anilines is 1. The minimum atomic E-state index is -0.590. The highest BCUT2D eigenvalue weighted by Crippen LogP contribution is 2.20. The maximum Gasteiger partial charge on any atom is 0.329 e. The molecule has 2 N–H and O–H groups in total. The molecular formula is C26H34N6O3. The average Bonchev–Trinajstić information content (AvgIpc) is 2.87. The first-order chi connectivity index (χ1) is 16.8. The van der Waals surface area contributed by atoms with E-state index in [-0.39, 0.29) is 34.5 Å². The highest BCUT2D eigenvalue weighted by molar-refractivity contribution is 6.05. The van der Waals surface area contributed by atoms with E-state index in [2.05, 4.69) is 56.3 Å². The second kappa shape index (κ2) is 10.4. The molecule has 9 nitrogen and oxygen atoms in total. The van der Waals surface area contributed by atoms with E-state index in [1.807, 2.05) is 26.8 Å². The van der Waals surface area contributed by atoms with Crippen molar-refractivity contribution in [3.8, 4) is 0 Å². The van der Waals surface area contributed by atoms with Gasteiger partial charge in [-0.25, -0.2) is 9.78 Å². The first kappa shape index (κ1) is 24.7. The number of aromatic nitrogens is 3. The molecule has 1 aromatic carbocycles. The Balaban J connectivity index is 1.50. The number of nitrogens with zero attached hydrogens (tertiary/aromatic N) is 4. The number of pyridine rings is 1. The van der Waals surface area contributed by atoms with Crippen LogP contribution in [0.1, 0.15) is 49.7 Å². The van der Waals surface area contributed by atoms with Crippen molar-refractivity contribution in [3.05, 3.63) is 68.5 Å². The molecule has 186 valence electrons. The molecule has 9 heteroatoms. The van der Waals surface area contributed by atoms with Crippen LogP contribution in [-0.4, -0.2) is 64.1 Å². The molecule has 0 aliphatic carbocycles. The van der Waals surface area contributed by atoms with Crippen molar-refractivity contribution >= 4 is 22.6 Å². The Morgan fingerprint density at radius 1 is 1.09 bits per heavy atom. The predicted molar refractivity (Wildman–Crippen MR) is 138 cm³/mol. The van der Waals surface area contributed by atoms with Gasteiger partial charge >= 0.3 is 5.69 Å². The molecule has 0 radical (unpaired) electrons. The predicted octanol–water partition coefficient (Wildman–Crippen LogP) is 2.17. The zero-order valence-electron chi connectivity index (χ0n) is 20.9. The Morgan fingerprint density at radius 2 is 1.77 bits per heavy atom. The standard InChI is InChI=1S/C26H34N6O3/c1-5-32-23-22(25(34)29-26(32)35)20(15-21(28-23)17(2)3)24(33)27-16-18(4)30-11-13-31(14-12-30)19-9-7-6-8-10-19/h6-10,15,17-18H,5,11-14,16H2,1-4H3,(H,27,33)(H,29,34,35). The Hall–Kier alpha value is -3.46.